The molecule has 6 rings (SSSR count). The van der Waals surface area contributed by atoms with Crippen molar-refractivity contribution in [2.75, 3.05) is 0 Å². The van der Waals surface area contributed by atoms with Crippen LogP contribution in [0, 0.1) is 12.1 Å². The smallest absolute Gasteiger partial charge is 0.109 e. The Morgan fingerprint density at radius 2 is 1.03 bits per heavy atom. The van der Waals surface area contributed by atoms with E-state index in [1.54, 1.807) is 0 Å². The molecule has 0 unspecified atom stereocenters. The van der Waals surface area contributed by atoms with Gasteiger partial charge in [0.25, 0.3) is 0 Å². The Labute approximate surface area is 383 Å². The molecule has 0 aliphatic heterocycles. The van der Waals surface area contributed by atoms with Crippen LogP contribution in [-0.2, 0) is 65.2 Å². The third-order valence-corrected chi connectivity index (χ3v) is 12.4. The summed E-state index contributed by atoms with van der Waals surface area (Å²) in [5.74, 6) is 0. The van der Waals surface area contributed by atoms with Crippen LogP contribution in [0.25, 0.3) is 11.1 Å². The number of allylic oxidation sites excluding steroid dienone is 4. The molecule has 312 valence electrons. The molecule has 2 aliphatic carbocycles. The predicted molar refractivity (Wildman–Crippen MR) is 258 cm³/mol. The Hall–Kier alpha value is -2.31. The van der Waals surface area contributed by atoms with E-state index in [1.807, 2.05) is 12.2 Å². The first-order valence-corrected chi connectivity index (χ1v) is 22.6. The van der Waals surface area contributed by atoms with Crippen LogP contribution in [-0.4, -0.2) is 3.21 Å². The fourth-order valence-electron chi connectivity index (χ4n) is 7.57. The third-order valence-electron chi connectivity index (χ3n) is 10.9. The first-order chi connectivity index (χ1) is 26.1. The minimum Gasteiger partial charge on any atom is -0.273 e. The maximum Gasteiger partial charge on any atom is -0.109 e. The minimum atomic E-state index is 0. The van der Waals surface area contributed by atoms with Gasteiger partial charge < -0.3 is 0 Å². The van der Waals surface area contributed by atoms with Crippen molar-refractivity contribution in [3.63, 3.8) is 0 Å². The van der Waals surface area contributed by atoms with Crippen LogP contribution in [0.5, 0.6) is 0 Å². The van der Waals surface area contributed by atoms with Crippen molar-refractivity contribution in [2.24, 2.45) is 0 Å². The Bertz CT molecular complexity index is 1840. The maximum atomic E-state index is 3.90. The largest absolute Gasteiger partial charge is 0.273 e. The van der Waals surface area contributed by atoms with Gasteiger partial charge in [0.15, 0.2) is 0 Å². The first-order valence-electron chi connectivity index (χ1n) is 21.4. The second-order valence-electron chi connectivity index (χ2n) is 20.2. The number of hydrogen-bond donors (Lipinski definition) is 0. The van der Waals surface area contributed by atoms with Crippen molar-refractivity contribution >= 4 is 28.0 Å². The zero-order valence-corrected chi connectivity index (χ0v) is 42.6. The zero-order valence-electron chi connectivity index (χ0n) is 38.6. The zero-order chi connectivity index (χ0) is 41.5. The van der Waals surface area contributed by atoms with Crippen LogP contribution >= 0.6 is 24.8 Å². The molecule has 58 heavy (non-hydrogen) atoms. The molecule has 0 saturated heterocycles. The van der Waals surface area contributed by atoms with E-state index in [9.17, 15) is 0 Å². The monoisotopic (exact) mass is 894 g/mol. The predicted octanol–water partition coefficient (Wildman–Crippen LogP) is 15.9. The van der Waals surface area contributed by atoms with Gasteiger partial charge in [-0.1, -0.05) is 106 Å². The standard InChI is InChI=1S/C29H41.C21H26.C5H5.2ClH.Zr/c1-26(2,3)22-14-18-13-19-15-23(27(4,5)6)25(29(10,11)12)17-21(19)20(18)16-24(22)28(7,8)9;1-3-5-7-18-9-13-20(14-10-18)17-21-15-11-19(12-16-21)8-6-4-2;1-2-4-5-3-1;;;/h14,16-17H,13H2,1-12H3;9-16H,3-8H2,1-2H3;1-3H,4H2;2*1H;/q-1;;-1;;;+2. The topological polar surface area (TPSA) is 0 Å². The summed E-state index contributed by atoms with van der Waals surface area (Å²) in [4.78, 5) is 0. The van der Waals surface area contributed by atoms with Crippen molar-refractivity contribution in [3.8, 4) is 11.1 Å². The van der Waals surface area contributed by atoms with E-state index in [4.69, 9.17) is 0 Å². The minimum absolute atomic E-state index is 0. The van der Waals surface area contributed by atoms with Gasteiger partial charge in [-0.05, 0) is 39.4 Å². The van der Waals surface area contributed by atoms with Crippen LogP contribution in [0.1, 0.15) is 185 Å². The summed E-state index contributed by atoms with van der Waals surface area (Å²) >= 11 is 1.48. The molecule has 0 N–H and O–H groups in total. The maximum absolute atomic E-state index is 3.90. The van der Waals surface area contributed by atoms with Gasteiger partial charge in [0.05, 0.1) is 0 Å². The number of hydrogen-bond acceptors (Lipinski definition) is 0. The molecule has 0 heterocycles. The molecule has 0 spiro atoms. The number of unbranched alkanes of at least 4 members (excludes halogenated alkanes) is 2. The molecular weight excluding hydrogens is 823 g/mol. The summed E-state index contributed by atoms with van der Waals surface area (Å²) in [5, 5.41) is 0. The van der Waals surface area contributed by atoms with E-state index in [0.717, 1.165) is 12.8 Å². The number of aryl methyl sites for hydroxylation is 2. The van der Waals surface area contributed by atoms with E-state index < -0.39 is 0 Å². The van der Waals surface area contributed by atoms with Crippen molar-refractivity contribution in [3.05, 3.63) is 153 Å². The van der Waals surface area contributed by atoms with E-state index in [1.165, 1.54) is 133 Å². The van der Waals surface area contributed by atoms with Gasteiger partial charge in [-0.3, -0.25) is 6.08 Å². The van der Waals surface area contributed by atoms with E-state index in [2.05, 4.69) is 182 Å². The van der Waals surface area contributed by atoms with Gasteiger partial charge in [-0.2, -0.15) is 23.8 Å². The SMILES string of the molecule is CC(C)(C)c1[c-]c2c(cc1C(C)(C)C)-c1cc(C(C)(C)C)c(C(C)(C)C)cc1C2.CCCCc1ccc([C](=[Zr+2])c2ccc(CCCC)cc2)cc1.Cl.Cl.[C-]1=CC=CC1. The molecule has 4 aromatic carbocycles. The number of rotatable bonds is 8. The van der Waals surface area contributed by atoms with Crippen LogP contribution in [0.4, 0.5) is 0 Å². The quantitative estimate of drug-likeness (QED) is 0.136. The molecule has 2 aliphatic rings. The number of benzene rings is 4. The van der Waals surface area contributed by atoms with Gasteiger partial charge in [0, 0.05) is 0 Å². The summed E-state index contributed by atoms with van der Waals surface area (Å²) in [6, 6.07) is 29.7. The molecule has 0 fully saturated rings. The second-order valence-corrected chi connectivity index (χ2v) is 21.4. The van der Waals surface area contributed by atoms with Gasteiger partial charge in [0.2, 0.25) is 0 Å². The average molecular weight is 897 g/mol. The molecule has 0 amide bonds. The number of fused-ring (bicyclic) bond motifs is 3. The fraction of sp³-hybridized carbons (Fsp3) is 0.473. The van der Waals surface area contributed by atoms with Crippen LogP contribution < -0.4 is 0 Å². The normalized spacial score (nSPS) is 13.0. The van der Waals surface area contributed by atoms with E-state index in [-0.39, 0.29) is 46.5 Å². The Morgan fingerprint density at radius 1 is 0.586 bits per heavy atom. The Balaban J connectivity index is 0.000000354. The molecular formula is C55H74Cl2Zr. The molecule has 0 bridgehead atoms. The van der Waals surface area contributed by atoms with E-state index >= 15 is 0 Å². The molecule has 0 aromatic heterocycles. The molecule has 4 aromatic rings. The van der Waals surface area contributed by atoms with Crippen molar-refractivity contribution in [1.29, 1.82) is 0 Å². The summed E-state index contributed by atoms with van der Waals surface area (Å²) < 4.78 is 1.45. The molecule has 0 radical (unpaired) electrons. The Kier molecular flexibility index (Phi) is 19.6. The summed E-state index contributed by atoms with van der Waals surface area (Å²) in [6.45, 7) is 32.5. The van der Waals surface area contributed by atoms with Crippen molar-refractivity contribution in [2.45, 2.75) is 170 Å². The molecule has 0 saturated carbocycles. The molecule has 0 nitrogen and oxygen atoms in total. The molecule has 0 atom stereocenters. The van der Waals surface area contributed by atoms with Crippen LogP contribution in [0.3, 0.4) is 0 Å². The van der Waals surface area contributed by atoms with Crippen LogP contribution in [0.15, 0.2) is 85.0 Å². The summed E-state index contributed by atoms with van der Waals surface area (Å²) in [6.07, 6.45) is 18.5. The van der Waals surface area contributed by atoms with Crippen molar-refractivity contribution in [1.82, 2.24) is 0 Å². The first kappa shape index (κ1) is 51.8. The van der Waals surface area contributed by atoms with Gasteiger partial charge in [0.1, 0.15) is 0 Å². The van der Waals surface area contributed by atoms with E-state index in [0.29, 0.717) is 0 Å². The number of halogens is 2. The second kappa shape index (κ2) is 22.0. The average Bonchev–Trinajstić information content (AvgIpc) is 3.83. The molecule has 3 heteroatoms. The third kappa shape index (κ3) is 14.1. The van der Waals surface area contributed by atoms with Crippen molar-refractivity contribution < 1.29 is 24.2 Å². The summed E-state index contributed by atoms with van der Waals surface area (Å²) in [5.41, 5.74) is 17.6. The van der Waals surface area contributed by atoms with Gasteiger partial charge in [-0.15, -0.1) is 47.9 Å². The summed E-state index contributed by atoms with van der Waals surface area (Å²) in [7, 11) is 0. The van der Waals surface area contributed by atoms with Gasteiger partial charge >= 0.3 is 151 Å². The van der Waals surface area contributed by atoms with Crippen LogP contribution in [0.2, 0.25) is 0 Å². The van der Waals surface area contributed by atoms with Gasteiger partial charge in [-0.25, -0.2) is 12.2 Å². The Morgan fingerprint density at radius 3 is 1.40 bits per heavy atom. The fourth-order valence-corrected chi connectivity index (χ4v) is 8.39.